The number of amides is 1. The summed E-state index contributed by atoms with van der Waals surface area (Å²) in [5, 5.41) is 3.64. The van der Waals surface area contributed by atoms with Gasteiger partial charge in [0, 0.05) is 6.07 Å². The number of methoxy groups -OCH3 is 1. The second-order valence-electron chi connectivity index (χ2n) is 6.42. The SMILES string of the molecule is COc1ccc(-c2nc(C)no2)c(N(C(=O)CN)S(=O)(=O)c2cccc(C(F)(F)F)c2)c1. The van der Waals surface area contributed by atoms with Gasteiger partial charge in [-0.05, 0) is 37.3 Å². The van der Waals surface area contributed by atoms with Gasteiger partial charge in [-0.3, -0.25) is 4.79 Å². The average molecular weight is 470 g/mol. The van der Waals surface area contributed by atoms with E-state index >= 15 is 0 Å². The van der Waals surface area contributed by atoms with Crippen LogP contribution in [0.15, 0.2) is 51.9 Å². The maximum Gasteiger partial charge on any atom is 0.416 e. The average Bonchev–Trinajstić information content (AvgIpc) is 3.19. The topological polar surface area (TPSA) is 129 Å². The zero-order valence-corrected chi connectivity index (χ0v) is 17.6. The maximum absolute atomic E-state index is 13.4. The molecule has 3 rings (SSSR count). The fourth-order valence-electron chi connectivity index (χ4n) is 2.81. The van der Waals surface area contributed by atoms with Crippen LogP contribution in [0.5, 0.6) is 5.75 Å². The molecule has 0 saturated carbocycles. The Hall–Kier alpha value is -3.45. The molecule has 9 nitrogen and oxygen atoms in total. The Morgan fingerprint density at radius 2 is 1.94 bits per heavy atom. The number of halogens is 3. The van der Waals surface area contributed by atoms with Crippen molar-refractivity contribution in [2.24, 2.45) is 5.73 Å². The van der Waals surface area contributed by atoms with Crippen molar-refractivity contribution in [2.75, 3.05) is 18.0 Å². The zero-order chi connectivity index (χ0) is 23.7. The van der Waals surface area contributed by atoms with Gasteiger partial charge in [0.1, 0.15) is 5.75 Å². The number of alkyl halides is 3. The van der Waals surface area contributed by atoms with Crippen LogP contribution in [-0.4, -0.2) is 38.1 Å². The number of benzene rings is 2. The molecule has 2 N–H and O–H groups in total. The minimum atomic E-state index is -4.84. The summed E-state index contributed by atoms with van der Waals surface area (Å²) in [4.78, 5) is 16.0. The predicted octanol–water partition coefficient (Wildman–Crippen LogP) is 2.75. The molecule has 0 saturated heterocycles. The Morgan fingerprint density at radius 1 is 1.22 bits per heavy atom. The lowest BCUT2D eigenvalue weighted by atomic mass is 10.1. The predicted molar refractivity (Wildman–Crippen MR) is 106 cm³/mol. The summed E-state index contributed by atoms with van der Waals surface area (Å²) in [7, 11) is -3.53. The van der Waals surface area contributed by atoms with Crippen LogP contribution in [0.4, 0.5) is 18.9 Å². The second kappa shape index (κ2) is 8.59. The number of carbonyl (C=O) groups excluding carboxylic acids is 1. The van der Waals surface area contributed by atoms with E-state index in [0.717, 1.165) is 12.1 Å². The van der Waals surface area contributed by atoms with Crippen LogP contribution in [0.1, 0.15) is 11.4 Å². The largest absolute Gasteiger partial charge is 0.497 e. The van der Waals surface area contributed by atoms with Crippen molar-refractivity contribution in [3.8, 4) is 17.2 Å². The van der Waals surface area contributed by atoms with Gasteiger partial charge in [-0.15, -0.1) is 0 Å². The molecule has 0 aliphatic heterocycles. The third-order valence-corrected chi connectivity index (χ3v) is 6.01. The van der Waals surface area contributed by atoms with Gasteiger partial charge in [-0.25, -0.2) is 12.7 Å². The van der Waals surface area contributed by atoms with Gasteiger partial charge in [0.05, 0.1) is 35.4 Å². The molecule has 2 aromatic carbocycles. The zero-order valence-electron chi connectivity index (χ0n) is 16.8. The number of aryl methyl sites for hydroxylation is 1. The van der Waals surface area contributed by atoms with E-state index in [0.29, 0.717) is 16.4 Å². The molecule has 0 unspecified atom stereocenters. The molecule has 0 aliphatic rings. The van der Waals surface area contributed by atoms with E-state index < -0.39 is 39.1 Å². The molecule has 0 atom stereocenters. The van der Waals surface area contributed by atoms with E-state index in [9.17, 15) is 26.4 Å². The first-order valence-electron chi connectivity index (χ1n) is 8.93. The number of ether oxygens (including phenoxy) is 1. The maximum atomic E-state index is 13.4. The summed E-state index contributed by atoms with van der Waals surface area (Å²) in [6.45, 7) is 0.774. The van der Waals surface area contributed by atoms with Gasteiger partial charge < -0.3 is 15.0 Å². The summed E-state index contributed by atoms with van der Waals surface area (Å²) < 4.78 is 76.7. The van der Waals surface area contributed by atoms with Crippen LogP contribution in [-0.2, 0) is 21.0 Å². The van der Waals surface area contributed by atoms with E-state index in [1.807, 2.05) is 0 Å². The fraction of sp³-hybridized carbons (Fsp3) is 0.211. The van der Waals surface area contributed by atoms with Crippen molar-refractivity contribution in [1.82, 2.24) is 10.1 Å². The Balaban J connectivity index is 2.27. The number of rotatable bonds is 6. The number of sulfonamides is 1. The monoisotopic (exact) mass is 470 g/mol. The molecule has 0 bridgehead atoms. The van der Waals surface area contributed by atoms with Gasteiger partial charge in [-0.2, -0.15) is 18.2 Å². The molecule has 0 fully saturated rings. The molecule has 3 aromatic rings. The third kappa shape index (κ3) is 4.43. The lowest BCUT2D eigenvalue weighted by Crippen LogP contribution is -2.41. The Kier molecular flexibility index (Phi) is 6.23. The van der Waals surface area contributed by atoms with Crippen LogP contribution in [0.25, 0.3) is 11.5 Å². The van der Waals surface area contributed by atoms with Crippen LogP contribution in [0.2, 0.25) is 0 Å². The molecule has 1 amide bonds. The number of hydrogen-bond acceptors (Lipinski definition) is 8. The van der Waals surface area contributed by atoms with Crippen molar-refractivity contribution in [1.29, 1.82) is 0 Å². The molecule has 0 radical (unpaired) electrons. The molecular weight excluding hydrogens is 453 g/mol. The van der Waals surface area contributed by atoms with Crippen molar-refractivity contribution >= 4 is 21.6 Å². The highest BCUT2D eigenvalue weighted by molar-refractivity contribution is 7.93. The number of nitrogens with two attached hydrogens (primary N) is 1. The van der Waals surface area contributed by atoms with Gasteiger partial charge in [0.2, 0.25) is 0 Å². The third-order valence-electron chi connectivity index (χ3n) is 4.28. The van der Waals surface area contributed by atoms with Crippen LogP contribution >= 0.6 is 0 Å². The molecule has 32 heavy (non-hydrogen) atoms. The van der Waals surface area contributed by atoms with Crippen molar-refractivity contribution < 1.29 is 35.6 Å². The van der Waals surface area contributed by atoms with Crippen molar-refractivity contribution in [3.63, 3.8) is 0 Å². The summed E-state index contributed by atoms with van der Waals surface area (Å²) >= 11 is 0. The highest BCUT2D eigenvalue weighted by Crippen LogP contribution is 2.37. The number of anilines is 1. The molecule has 13 heteroatoms. The van der Waals surface area contributed by atoms with E-state index in [1.165, 1.54) is 32.2 Å². The van der Waals surface area contributed by atoms with E-state index in [2.05, 4.69) is 10.1 Å². The summed E-state index contributed by atoms with van der Waals surface area (Å²) in [6.07, 6.45) is -4.79. The first-order valence-corrected chi connectivity index (χ1v) is 10.4. The lowest BCUT2D eigenvalue weighted by molar-refractivity contribution is -0.137. The van der Waals surface area contributed by atoms with Crippen molar-refractivity contribution in [3.05, 3.63) is 53.9 Å². The molecule has 1 heterocycles. The molecule has 1 aromatic heterocycles. The minimum Gasteiger partial charge on any atom is -0.497 e. The fourth-order valence-corrected chi connectivity index (χ4v) is 4.30. The first kappa shape index (κ1) is 23.2. The Bertz CT molecular complexity index is 1260. The van der Waals surface area contributed by atoms with Crippen LogP contribution in [0, 0.1) is 6.92 Å². The molecule has 0 aliphatic carbocycles. The standard InChI is InChI=1S/C19H17F3N4O5S/c1-11-24-18(31-25-11)15-7-6-13(30-2)9-16(15)26(17(27)10-23)32(28,29)14-5-3-4-12(8-14)19(20,21)22/h3-9H,10,23H2,1-2H3. The molecular formula is C19H17F3N4O5S. The first-order chi connectivity index (χ1) is 15.0. The summed E-state index contributed by atoms with van der Waals surface area (Å²) in [5.74, 6) is -0.823. The number of carbonyl (C=O) groups is 1. The van der Waals surface area contributed by atoms with E-state index in [-0.39, 0.29) is 28.7 Å². The normalized spacial score (nSPS) is 11.9. The Morgan fingerprint density at radius 3 is 2.50 bits per heavy atom. The number of nitrogens with zero attached hydrogens (tertiary/aromatic N) is 3. The smallest absolute Gasteiger partial charge is 0.416 e. The Labute approximate surface area is 180 Å². The van der Waals surface area contributed by atoms with Gasteiger partial charge >= 0.3 is 6.18 Å². The molecule has 170 valence electrons. The quantitative estimate of drug-likeness (QED) is 0.582. The summed E-state index contributed by atoms with van der Waals surface area (Å²) in [5.41, 5.74) is 3.99. The van der Waals surface area contributed by atoms with Gasteiger partial charge in [0.15, 0.2) is 5.82 Å². The van der Waals surface area contributed by atoms with E-state index in [4.69, 9.17) is 15.0 Å². The second-order valence-corrected chi connectivity index (χ2v) is 8.21. The highest BCUT2D eigenvalue weighted by atomic mass is 32.2. The van der Waals surface area contributed by atoms with Gasteiger partial charge in [0.25, 0.3) is 21.8 Å². The van der Waals surface area contributed by atoms with Gasteiger partial charge in [-0.1, -0.05) is 11.2 Å². The lowest BCUT2D eigenvalue weighted by Gasteiger charge is -2.24. The van der Waals surface area contributed by atoms with Crippen LogP contribution < -0.4 is 14.8 Å². The number of aromatic nitrogens is 2. The van der Waals surface area contributed by atoms with E-state index in [1.54, 1.807) is 0 Å². The number of hydrogen-bond donors (Lipinski definition) is 1. The highest BCUT2D eigenvalue weighted by Gasteiger charge is 2.36. The van der Waals surface area contributed by atoms with Crippen LogP contribution in [0.3, 0.4) is 0 Å². The van der Waals surface area contributed by atoms with Crippen molar-refractivity contribution in [2.45, 2.75) is 18.0 Å². The summed E-state index contributed by atoms with van der Waals surface area (Å²) in [6, 6.07) is 7.05. The minimum absolute atomic E-state index is 0.0313. The molecule has 0 spiro atoms.